The molecule has 0 aliphatic heterocycles. The number of amides is 1. The molecule has 0 bridgehead atoms. The molecule has 7 heteroatoms. The summed E-state index contributed by atoms with van der Waals surface area (Å²) < 4.78 is 27.5. The zero-order valence-corrected chi connectivity index (χ0v) is 17.5. The minimum atomic E-state index is -2.94. The third-order valence-corrected chi connectivity index (χ3v) is 5.87. The molecule has 2 aromatic heterocycles. The van der Waals surface area contributed by atoms with E-state index in [0.29, 0.717) is 27.5 Å². The summed E-state index contributed by atoms with van der Waals surface area (Å²) in [4.78, 5) is 22.9. The van der Waals surface area contributed by atoms with E-state index in [9.17, 15) is 13.6 Å². The number of halogens is 2. The maximum absolute atomic E-state index is 13.7. The Bertz CT molecular complexity index is 1240. The van der Waals surface area contributed by atoms with Crippen LogP contribution in [0, 0.1) is 13.8 Å². The summed E-state index contributed by atoms with van der Waals surface area (Å²) in [6.45, 7) is 4.70. The van der Waals surface area contributed by atoms with Gasteiger partial charge in [0.25, 0.3) is 11.8 Å². The normalized spacial score (nSPS) is 11.6. The second-order valence-electron chi connectivity index (χ2n) is 7.16. The van der Waals surface area contributed by atoms with E-state index in [2.05, 4.69) is 15.3 Å². The molecule has 2 heterocycles. The zero-order chi connectivity index (χ0) is 21.5. The van der Waals surface area contributed by atoms with E-state index < -0.39 is 5.92 Å². The summed E-state index contributed by atoms with van der Waals surface area (Å²) in [5.74, 6) is -3.25. The molecule has 4 nitrogen and oxygen atoms in total. The van der Waals surface area contributed by atoms with Gasteiger partial charge in [-0.2, -0.15) is 0 Å². The molecule has 30 heavy (non-hydrogen) atoms. The van der Waals surface area contributed by atoms with Crippen LogP contribution in [-0.4, -0.2) is 15.9 Å². The van der Waals surface area contributed by atoms with Crippen LogP contribution in [0.2, 0.25) is 0 Å². The summed E-state index contributed by atoms with van der Waals surface area (Å²) in [6.07, 6.45) is 0. The van der Waals surface area contributed by atoms with Crippen LogP contribution >= 0.6 is 11.3 Å². The number of carbonyl (C=O) groups is 1. The zero-order valence-electron chi connectivity index (χ0n) is 16.7. The fraction of sp³-hybridized carbons (Fsp3) is 0.174. The first-order chi connectivity index (χ1) is 14.2. The first-order valence-electron chi connectivity index (χ1n) is 9.36. The number of pyridine rings is 1. The lowest BCUT2D eigenvalue weighted by molar-refractivity contribution is 0.0175. The van der Waals surface area contributed by atoms with Gasteiger partial charge in [-0.05, 0) is 32.0 Å². The van der Waals surface area contributed by atoms with Gasteiger partial charge in [0.15, 0.2) is 5.13 Å². The molecule has 0 radical (unpaired) electrons. The topological polar surface area (TPSA) is 54.9 Å². The van der Waals surface area contributed by atoms with E-state index >= 15 is 0 Å². The number of fused-ring (bicyclic) bond motifs is 1. The van der Waals surface area contributed by atoms with Gasteiger partial charge in [0.2, 0.25) is 0 Å². The van der Waals surface area contributed by atoms with Gasteiger partial charge < -0.3 is 0 Å². The summed E-state index contributed by atoms with van der Waals surface area (Å²) >= 11 is 1.41. The molecule has 0 saturated carbocycles. The summed E-state index contributed by atoms with van der Waals surface area (Å²) in [5.41, 5.74) is 2.79. The third kappa shape index (κ3) is 3.93. The van der Waals surface area contributed by atoms with E-state index in [-0.39, 0.29) is 11.5 Å². The van der Waals surface area contributed by atoms with Crippen molar-refractivity contribution in [2.24, 2.45) is 0 Å². The Kier molecular flexibility index (Phi) is 5.07. The Balaban J connectivity index is 1.75. The Hall–Kier alpha value is -3.19. The number of rotatable bonds is 4. The van der Waals surface area contributed by atoms with Gasteiger partial charge in [-0.15, -0.1) is 11.3 Å². The van der Waals surface area contributed by atoms with Crippen LogP contribution in [-0.2, 0) is 5.92 Å². The number of anilines is 1. The molecule has 1 N–H and O–H groups in total. The minimum Gasteiger partial charge on any atom is -0.298 e. The van der Waals surface area contributed by atoms with Crippen molar-refractivity contribution >= 4 is 33.3 Å². The number of aromatic nitrogens is 2. The molecular weight excluding hydrogens is 404 g/mol. The quantitative estimate of drug-likeness (QED) is 0.417. The van der Waals surface area contributed by atoms with Crippen molar-refractivity contribution in [2.45, 2.75) is 26.7 Å². The number of thiazole rings is 1. The largest absolute Gasteiger partial charge is 0.298 e. The van der Waals surface area contributed by atoms with E-state index in [1.807, 2.05) is 26.0 Å². The number of carbonyl (C=O) groups excluding carboxylic acids is 1. The Morgan fingerprint density at radius 1 is 1.03 bits per heavy atom. The van der Waals surface area contributed by atoms with Gasteiger partial charge in [-0.25, -0.2) is 18.7 Å². The van der Waals surface area contributed by atoms with Crippen LogP contribution in [0.5, 0.6) is 0 Å². The van der Waals surface area contributed by atoms with Gasteiger partial charge in [0.05, 0.1) is 22.5 Å². The average molecular weight is 423 g/mol. The number of hydrogen-bond donors (Lipinski definition) is 1. The lowest BCUT2D eigenvalue weighted by Gasteiger charge is -2.12. The Morgan fingerprint density at radius 2 is 1.80 bits per heavy atom. The van der Waals surface area contributed by atoms with E-state index in [4.69, 9.17) is 0 Å². The molecule has 0 fully saturated rings. The monoisotopic (exact) mass is 423 g/mol. The van der Waals surface area contributed by atoms with Crippen molar-refractivity contribution in [1.82, 2.24) is 9.97 Å². The van der Waals surface area contributed by atoms with Crippen molar-refractivity contribution in [1.29, 1.82) is 0 Å². The van der Waals surface area contributed by atoms with Crippen LogP contribution in [0.3, 0.4) is 0 Å². The predicted molar refractivity (Wildman–Crippen MR) is 116 cm³/mol. The highest BCUT2D eigenvalue weighted by Crippen LogP contribution is 2.31. The number of nitrogens with one attached hydrogen (secondary N) is 1. The van der Waals surface area contributed by atoms with Crippen molar-refractivity contribution in [3.8, 4) is 11.3 Å². The first kappa shape index (κ1) is 20.1. The Morgan fingerprint density at radius 3 is 2.50 bits per heavy atom. The van der Waals surface area contributed by atoms with Gasteiger partial charge in [0, 0.05) is 28.3 Å². The molecular formula is C23H19F2N3OS. The van der Waals surface area contributed by atoms with Crippen LogP contribution in [0.15, 0.2) is 54.6 Å². The highest BCUT2D eigenvalue weighted by Gasteiger charge is 2.24. The van der Waals surface area contributed by atoms with E-state index in [0.717, 1.165) is 22.9 Å². The standard InChI is InChI=1S/C23H19F2N3OS/c1-13-14(2)30-22(26-13)28-21(29)18-9-5-6-15-10-11-19(27-20(15)18)16-7-4-8-17(12-16)23(3,24)25/h4-12H,1-3H3,(H,26,28,29). The molecule has 0 saturated heterocycles. The minimum absolute atomic E-state index is 0.0811. The average Bonchev–Trinajstić information content (AvgIpc) is 3.03. The lowest BCUT2D eigenvalue weighted by atomic mass is 10.0. The smallest absolute Gasteiger partial charge is 0.270 e. The molecule has 0 spiro atoms. The van der Waals surface area contributed by atoms with Crippen molar-refractivity contribution < 1.29 is 13.6 Å². The van der Waals surface area contributed by atoms with Crippen molar-refractivity contribution in [2.75, 3.05) is 5.32 Å². The number of benzene rings is 2. The van der Waals surface area contributed by atoms with Crippen LogP contribution in [0.1, 0.15) is 33.4 Å². The Labute approximate surface area is 176 Å². The molecule has 152 valence electrons. The van der Waals surface area contributed by atoms with Crippen LogP contribution in [0.25, 0.3) is 22.2 Å². The lowest BCUT2D eigenvalue weighted by Crippen LogP contribution is -2.12. The molecule has 0 unspecified atom stereocenters. The fourth-order valence-electron chi connectivity index (χ4n) is 3.13. The summed E-state index contributed by atoms with van der Waals surface area (Å²) in [6, 6.07) is 15.1. The van der Waals surface area contributed by atoms with E-state index in [1.54, 1.807) is 30.3 Å². The number of para-hydroxylation sites is 1. The van der Waals surface area contributed by atoms with Crippen molar-refractivity contribution in [3.63, 3.8) is 0 Å². The van der Waals surface area contributed by atoms with Gasteiger partial charge >= 0.3 is 0 Å². The maximum atomic E-state index is 13.7. The fourth-order valence-corrected chi connectivity index (χ4v) is 3.94. The second kappa shape index (κ2) is 7.57. The molecule has 0 atom stereocenters. The number of alkyl halides is 2. The van der Waals surface area contributed by atoms with Crippen molar-refractivity contribution in [3.05, 3.63) is 76.3 Å². The number of nitrogens with zero attached hydrogens (tertiary/aromatic N) is 2. The molecule has 2 aromatic carbocycles. The summed E-state index contributed by atoms with van der Waals surface area (Å²) in [5, 5.41) is 4.15. The number of hydrogen-bond acceptors (Lipinski definition) is 4. The predicted octanol–water partition coefficient (Wildman–Crippen LogP) is 6.34. The van der Waals surface area contributed by atoms with Gasteiger partial charge in [0.1, 0.15) is 0 Å². The molecule has 0 aliphatic carbocycles. The molecule has 4 rings (SSSR count). The van der Waals surface area contributed by atoms with Crippen LogP contribution < -0.4 is 5.32 Å². The maximum Gasteiger partial charge on any atom is 0.270 e. The summed E-state index contributed by atoms with van der Waals surface area (Å²) in [7, 11) is 0. The highest BCUT2D eigenvalue weighted by molar-refractivity contribution is 7.15. The molecule has 1 amide bonds. The SMILES string of the molecule is Cc1nc(NC(=O)c2cccc3ccc(-c4cccc(C(C)(F)F)c4)nc23)sc1C. The van der Waals surface area contributed by atoms with Crippen LogP contribution in [0.4, 0.5) is 13.9 Å². The number of aryl methyl sites for hydroxylation is 2. The molecule has 0 aliphatic rings. The highest BCUT2D eigenvalue weighted by atomic mass is 32.1. The first-order valence-corrected chi connectivity index (χ1v) is 10.2. The second-order valence-corrected chi connectivity index (χ2v) is 8.36. The van der Waals surface area contributed by atoms with Gasteiger partial charge in [-0.1, -0.05) is 36.4 Å². The van der Waals surface area contributed by atoms with Gasteiger partial charge in [-0.3, -0.25) is 10.1 Å². The third-order valence-electron chi connectivity index (χ3n) is 4.88. The molecule has 4 aromatic rings. The van der Waals surface area contributed by atoms with E-state index in [1.165, 1.54) is 23.5 Å².